The third kappa shape index (κ3) is 4.98. The highest BCUT2D eigenvalue weighted by molar-refractivity contribution is 6.30. The van der Waals surface area contributed by atoms with Gasteiger partial charge >= 0.3 is 0 Å². The Morgan fingerprint density at radius 2 is 1.74 bits per heavy atom. The number of halogens is 1. The molecule has 0 spiro atoms. The number of aromatic nitrogens is 2. The summed E-state index contributed by atoms with van der Waals surface area (Å²) >= 11 is 6.20. The van der Waals surface area contributed by atoms with E-state index in [1.165, 1.54) is 6.33 Å². The van der Waals surface area contributed by atoms with Crippen LogP contribution in [0.5, 0.6) is 0 Å². The van der Waals surface area contributed by atoms with Crippen LogP contribution >= 0.6 is 11.6 Å². The molecule has 0 aliphatic rings. The van der Waals surface area contributed by atoms with Crippen LogP contribution in [0.25, 0.3) is 0 Å². The molecule has 0 unspecified atom stereocenters. The Hall–Kier alpha value is -0.830. The second-order valence-corrected chi connectivity index (χ2v) is 7.69. The molecule has 108 valence electrons. The number of anilines is 1. The molecular formula is C15H26ClN3. The molecule has 1 aromatic heterocycles. The van der Waals surface area contributed by atoms with E-state index in [9.17, 15) is 0 Å². The molecule has 3 nitrogen and oxygen atoms in total. The average Bonchev–Trinajstić information content (AvgIpc) is 2.11. The van der Waals surface area contributed by atoms with Gasteiger partial charge in [0.05, 0.1) is 0 Å². The molecule has 0 bridgehead atoms. The van der Waals surface area contributed by atoms with Crippen molar-refractivity contribution in [2.75, 3.05) is 5.32 Å². The molecule has 1 rings (SSSR count). The molecule has 0 radical (unpaired) electrons. The molecule has 0 aromatic carbocycles. The lowest BCUT2D eigenvalue weighted by Gasteiger charge is -2.34. The predicted molar refractivity (Wildman–Crippen MR) is 82.9 cm³/mol. The first kappa shape index (κ1) is 16.2. The van der Waals surface area contributed by atoms with Crippen molar-refractivity contribution in [2.45, 2.75) is 66.3 Å². The normalized spacial score (nSPS) is 12.9. The molecule has 0 atom stereocenters. The zero-order chi connectivity index (χ0) is 14.8. The third-order valence-corrected chi connectivity index (χ3v) is 3.14. The summed E-state index contributed by atoms with van der Waals surface area (Å²) in [4.78, 5) is 8.45. The molecule has 0 amide bonds. The van der Waals surface area contributed by atoms with Gasteiger partial charge in [-0.15, -0.1) is 0 Å². The van der Waals surface area contributed by atoms with E-state index in [1.54, 1.807) is 0 Å². The lowest BCUT2D eigenvalue weighted by Crippen LogP contribution is -2.36. The van der Waals surface area contributed by atoms with Crippen LogP contribution in [-0.2, 0) is 0 Å². The van der Waals surface area contributed by atoms with Gasteiger partial charge in [-0.05, 0) is 31.6 Å². The minimum absolute atomic E-state index is 0.0421. The number of hydrogen-bond donors (Lipinski definition) is 1. The van der Waals surface area contributed by atoms with Crippen LogP contribution in [0.2, 0.25) is 5.15 Å². The van der Waals surface area contributed by atoms with E-state index in [0.717, 1.165) is 17.8 Å². The highest BCUT2D eigenvalue weighted by atomic mass is 35.5. The number of nitrogens with one attached hydrogen (secondary N) is 1. The van der Waals surface area contributed by atoms with E-state index in [2.05, 4.69) is 63.8 Å². The minimum Gasteiger partial charge on any atom is -0.365 e. The Morgan fingerprint density at radius 3 is 2.21 bits per heavy atom. The summed E-state index contributed by atoms with van der Waals surface area (Å²) in [6.07, 6.45) is 2.56. The van der Waals surface area contributed by atoms with Gasteiger partial charge in [0.15, 0.2) is 0 Å². The fourth-order valence-electron chi connectivity index (χ4n) is 2.68. The summed E-state index contributed by atoms with van der Waals surface area (Å²) in [6.45, 7) is 15.3. The lowest BCUT2D eigenvalue weighted by molar-refractivity contribution is 0.302. The van der Waals surface area contributed by atoms with Gasteiger partial charge in [-0.25, -0.2) is 9.97 Å². The van der Waals surface area contributed by atoms with Gasteiger partial charge in [0.1, 0.15) is 17.3 Å². The van der Waals surface area contributed by atoms with E-state index >= 15 is 0 Å². The maximum atomic E-state index is 6.20. The van der Waals surface area contributed by atoms with Crippen LogP contribution in [0.4, 0.5) is 5.82 Å². The van der Waals surface area contributed by atoms with E-state index in [1.807, 2.05) is 0 Å². The van der Waals surface area contributed by atoms with Gasteiger partial charge in [-0.3, -0.25) is 0 Å². The van der Waals surface area contributed by atoms with Gasteiger partial charge in [0.25, 0.3) is 0 Å². The standard InChI is InChI=1S/C15H26ClN3/c1-10(2)11-12(16)17-9-18-13(11)19-15(6,7)8-14(3,4)5/h9-10H,8H2,1-7H3,(H,17,18,19). The van der Waals surface area contributed by atoms with E-state index in [4.69, 9.17) is 11.6 Å². The number of hydrogen-bond acceptors (Lipinski definition) is 3. The predicted octanol–water partition coefficient (Wildman–Crippen LogP) is 4.88. The number of rotatable bonds is 4. The summed E-state index contributed by atoms with van der Waals surface area (Å²) in [5.41, 5.74) is 1.20. The van der Waals surface area contributed by atoms with Crippen LogP contribution in [0.3, 0.4) is 0 Å². The van der Waals surface area contributed by atoms with Crippen molar-refractivity contribution in [2.24, 2.45) is 5.41 Å². The molecule has 0 saturated carbocycles. The molecule has 19 heavy (non-hydrogen) atoms. The van der Waals surface area contributed by atoms with E-state index in [0.29, 0.717) is 11.1 Å². The second-order valence-electron chi connectivity index (χ2n) is 7.33. The van der Waals surface area contributed by atoms with Crippen molar-refractivity contribution in [3.05, 3.63) is 17.0 Å². The Kier molecular flexibility index (Phi) is 4.83. The highest BCUT2D eigenvalue weighted by Crippen LogP contribution is 2.33. The summed E-state index contributed by atoms with van der Waals surface area (Å²) in [5, 5.41) is 4.07. The number of nitrogens with zero attached hydrogens (tertiary/aromatic N) is 2. The van der Waals surface area contributed by atoms with Crippen LogP contribution in [0.15, 0.2) is 6.33 Å². The van der Waals surface area contributed by atoms with Crippen molar-refractivity contribution in [3.63, 3.8) is 0 Å². The Bertz CT molecular complexity index is 434. The quantitative estimate of drug-likeness (QED) is 0.800. The average molecular weight is 284 g/mol. The van der Waals surface area contributed by atoms with Crippen LogP contribution in [0, 0.1) is 5.41 Å². The second kappa shape index (κ2) is 5.66. The first-order chi connectivity index (χ1) is 8.52. The maximum Gasteiger partial charge on any atom is 0.138 e. The molecule has 1 aromatic rings. The molecule has 0 aliphatic heterocycles. The third-order valence-electron chi connectivity index (χ3n) is 2.84. The minimum atomic E-state index is -0.0421. The van der Waals surface area contributed by atoms with Crippen molar-refractivity contribution in [1.29, 1.82) is 0 Å². The van der Waals surface area contributed by atoms with E-state index in [-0.39, 0.29) is 11.0 Å². The Morgan fingerprint density at radius 1 is 1.16 bits per heavy atom. The fourth-order valence-corrected chi connectivity index (χ4v) is 3.03. The molecule has 1 heterocycles. The van der Waals surface area contributed by atoms with Gasteiger partial charge < -0.3 is 5.32 Å². The molecule has 4 heteroatoms. The van der Waals surface area contributed by atoms with Gasteiger partial charge in [-0.2, -0.15) is 0 Å². The van der Waals surface area contributed by atoms with Crippen molar-refractivity contribution < 1.29 is 0 Å². The molecule has 0 saturated heterocycles. The van der Waals surface area contributed by atoms with Crippen molar-refractivity contribution in [3.8, 4) is 0 Å². The van der Waals surface area contributed by atoms with E-state index < -0.39 is 0 Å². The monoisotopic (exact) mass is 283 g/mol. The van der Waals surface area contributed by atoms with Crippen molar-refractivity contribution in [1.82, 2.24) is 9.97 Å². The molecular weight excluding hydrogens is 258 g/mol. The topological polar surface area (TPSA) is 37.8 Å². The van der Waals surface area contributed by atoms with Gasteiger partial charge in [0.2, 0.25) is 0 Å². The maximum absolute atomic E-state index is 6.20. The SMILES string of the molecule is CC(C)c1c(Cl)ncnc1NC(C)(C)CC(C)(C)C. The molecule has 0 fully saturated rings. The summed E-state index contributed by atoms with van der Waals surface area (Å²) in [5.74, 6) is 1.14. The zero-order valence-corrected chi connectivity index (χ0v) is 13.9. The Labute approximate surface area is 122 Å². The zero-order valence-electron chi connectivity index (χ0n) is 13.1. The Balaban J connectivity index is 3.02. The first-order valence-corrected chi connectivity index (χ1v) is 7.18. The highest BCUT2D eigenvalue weighted by Gasteiger charge is 2.27. The van der Waals surface area contributed by atoms with Crippen LogP contribution < -0.4 is 5.32 Å². The molecule has 1 N–H and O–H groups in total. The lowest BCUT2D eigenvalue weighted by atomic mass is 9.81. The fraction of sp³-hybridized carbons (Fsp3) is 0.733. The van der Waals surface area contributed by atoms with Crippen LogP contribution in [-0.4, -0.2) is 15.5 Å². The molecule has 0 aliphatic carbocycles. The summed E-state index contributed by atoms with van der Waals surface area (Å²) in [6, 6.07) is 0. The van der Waals surface area contributed by atoms with Gasteiger partial charge in [-0.1, -0.05) is 46.2 Å². The van der Waals surface area contributed by atoms with Crippen LogP contribution in [0.1, 0.15) is 66.4 Å². The first-order valence-electron chi connectivity index (χ1n) is 6.80. The smallest absolute Gasteiger partial charge is 0.138 e. The van der Waals surface area contributed by atoms with Gasteiger partial charge in [0, 0.05) is 11.1 Å². The summed E-state index contributed by atoms with van der Waals surface area (Å²) < 4.78 is 0. The van der Waals surface area contributed by atoms with Crippen molar-refractivity contribution >= 4 is 17.4 Å². The largest absolute Gasteiger partial charge is 0.365 e. The summed E-state index contributed by atoms with van der Waals surface area (Å²) in [7, 11) is 0.